The third-order valence-corrected chi connectivity index (χ3v) is 6.46. The average Bonchev–Trinajstić information content (AvgIpc) is 3.51. The first-order valence-electron chi connectivity index (χ1n) is 11.4. The summed E-state index contributed by atoms with van der Waals surface area (Å²) in [4.78, 5) is 12.9. The summed E-state index contributed by atoms with van der Waals surface area (Å²) in [5.41, 5.74) is 2.02. The lowest BCUT2D eigenvalue weighted by Crippen LogP contribution is -2.21. The van der Waals surface area contributed by atoms with Gasteiger partial charge in [-0.25, -0.2) is 4.98 Å². The van der Waals surface area contributed by atoms with Gasteiger partial charge in [-0.2, -0.15) is 0 Å². The third-order valence-electron chi connectivity index (χ3n) is 6.46. The number of aromatic nitrogens is 2. The van der Waals surface area contributed by atoms with E-state index in [1.165, 1.54) is 25.9 Å². The summed E-state index contributed by atoms with van der Waals surface area (Å²) in [7, 11) is 3.82. The number of nitrogens with one attached hydrogen (secondary N) is 1. The van der Waals surface area contributed by atoms with Crippen molar-refractivity contribution in [1.29, 1.82) is 0 Å². The molecule has 0 amide bonds. The minimum atomic E-state index is 0.174. The Morgan fingerprint density at radius 2 is 2.00 bits per heavy atom. The van der Waals surface area contributed by atoms with Gasteiger partial charge in [0.2, 0.25) is 5.88 Å². The second-order valence-electron chi connectivity index (χ2n) is 8.75. The van der Waals surface area contributed by atoms with Crippen molar-refractivity contribution in [3.05, 3.63) is 24.4 Å². The lowest BCUT2D eigenvalue weighted by atomic mass is 10.1. The largest absolute Gasteiger partial charge is 0.493 e. The number of H-pyrrole nitrogens is 1. The number of likely N-dealkylation sites (N-methyl/N-ethyl adjacent to an activating group) is 1. The molecule has 2 aromatic heterocycles. The molecular formula is C24H32N4O3. The summed E-state index contributed by atoms with van der Waals surface area (Å²) in [6.07, 6.45) is 6.67. The van der Waals surface area contributed by atoms with Gasteiger partial charge in [0.25, 0.3) is 0 Å². The second-order valence-corrected chi connectivity index (χ2v) is 8.75. The molecule has 1 aromatic carbocycles. The Morgan fingerprint density at radius 1 is 1.13 bits per heavy atom. The normalized spacial score (nSPS) is 20.1. The van der Waals surface area contributed by atoms with Crippen molar-refractivity contribution in [2.24, 2.45) is 0 Å². The molecule has 4 heterocycles. The van der Waals surface area contributed by atoms with Crippen molar-refractivity contribution in [2.75, 3.05) is 53.5 Å². The SMILES string of the molecule is COc1cc2c(cc1OCCCN1CCCC1)[nH]c1ccnc(OC3CCN(C)C3)c12. The molecule has 2 fully saturated rings. The minimum Gasteiger partial charge on any atom is -0.493 e. The van der Waals surface area contributed by atoms with Gasteiger partial charge in [-0.15, -0.1) is 0 Å². The van der Waals surface area contributed by atoms with E-state index < -0.39 is 0 Å². The van der Waals surface area contributed by atoms with Gasteiger partial charge in [0.15, 0.2) is 11.5 Å². The van der Waals surface area contributed by atoms with Crippen LogP contribution in [0.1, 0.15) is 25.7 Å². The standard InChI is InChI=1S/C24H32N4O3/c1-27-12-7-17(16-27)31-24-23-18-14-21(29-2)22(15-20(18)26-19(23)6-8-25-24)30-13-5-11-28-9-3-4-10-28/h6,8,14-15,17,26H,3-5,7,9-13,16H2,1-2H3. The van der Waals surface area contributed by atoms with Crippen molar-refractivity contribution >= 4 is 21.8 Å². The monoisotopic (exact) mass is 424 g/mol. The summed E-state index contributed by atoms with van der Waals surface area (Å²) >= 11 is 0. The van der Waals surface area contributed by atoms with Crippen LogP contribution in [0.5, 0.6) is 17.4 Å². The lowest BCUT2D eigenvalue weighted by Gasteiger charge is -2.15. The van der Waals surface area contributed by atoms with E-state index in [0.717, 1.165) is 65.8 Å². The highest BCUT2D eigenvalue weighted by molar-refractivity contribution is 6.10. The maximum absolute atomic E-state index is 6.31. The Morgan fingerprint density at radius 3 is 2.77 bits per heavy atom. The van der Waals surface area contributed by atoms with E-state index in [2.05, 4.69) is 26.8 Å². The molecule has 0 spiro atoms. The fourth-order valence-corrected chi connectivity index (χ4v) is 4.81. The number of ether oxygens (including phenoxy) is 3. The molecular weight excluding hydrogens is 392 g/mol. The molecule has 2 aliphatic rings. The predicted octanol–water partition coefficient (Wildman–Crippen LogP) is 3.67. The van der Waals surface area contributed by atoms with Gasteiger partial charge in [-0.3, -0.25) is 0 Å². The average molecular weight is 425 g/mol. The molecule has 0 saturated carbocycles. The van der Waals surface area contributed by atoms with Gasteiger partial charge in [0.05, 0.1) is 30.1 Å². The lowest BCUT2D eigenvalue weighted by molar-refractivity contribution is 0.203. The maximum atomic E-state index is 6.31. The summed E-state index contributed by atoms with van der Waals surface area (Å²) in [5, 5.41) is 2.05. The molecule has 2 aliphatic heterocycles. The van der Waals surface area contributed by atoms with Crippen LogP contribution in [0.15, 0.2) is 24.4 Å². The fraction of sp³-hybridized carbons (Fsp3) is 0.542. The first-order chi connectivity index (χ1) is 15.2. The smallest absolute Gasteiger partial charge is 0.223 e. The van der Waals surface area contributed by atoms with Gasteiger partial charge in [-0.05, 0) is 58.0 Å². The quantitative estimate of drug-likeness (QED) is 0.557. The fourth-order valence-electron chi connectivity index (χ4n) is 4.81. The zero-order valence-corrected chi connectivity index (χ0v) is 18.5. The van der Waals surface area contributed by atoms with Crippen molar-refractivity contribution in [1.82, 2.24) is 19.8 Å². The van der Waals surface area contributed by atoms with Crippen LogP contribution < -0.4 is 14.2 Å². The van der Waals surface area contributed by atoms with Gasteiger partial charge in [0.1, 0.15) is 6.10 Å². The number of methoxy groups -OCH3 is 1. The molecule has 2 saturated heterocycles. The van der Waals surface area contributed by atoms with Crippen LogP contribution in [0, 0.1) is 0 Å². The van der Waals surface area contributed by atoms with E-state index in [1.54, 1.807) is 13.3 Å². The highest BCUT2D eigenvalue weighted by atomic mass is 16.5. The van der Waals surface area contributed by atoms with E-state index in [9.17, 15) is 0 Å². The van der Waals surface area contributed by atoms with Crippen molar-refractivity contribution in [3.63, 3.8) is 0 Å². The van der Waals surface area contributed by atoms with Crippen molar-refractivity contribution in [3.8, 4) is 17.4 Å². The van der Waals surface area contributed by atoms with Crippen LogP contribution in [0.4, 0.5) is 0 Å². The highest BCUT2D eigenvalue weighted by Gasteiger charge is 2.23. The van der Waals surface area contributed by atoms with Gasteiger partial charge < -0.3 is 29.0 Å². The number of hydrogen-bond acceptors (Lipinski definition) is 6. The van der Waals surface area contributed by atoms with Gasteiger partial charge >= 0.3 is 0 Å². The Balaban J connectivity index is 1.38. The Bertz CT molecular complexity index is 1040. The van der Waals surface area contributed by atoms with Gasteiger partial charge in [-0.1, -0.05) is 0 Å². The Hall–Kier alpha value is -2.51. The zero-order chi connectivity index (χ0) is 21.2. The Labute approximate surface area is 183 Å². The molecule has 7 nitrogen and oxygen atoms in total. The number of aromatic amines is 1. The predicted molar refractivity (Wildman–Crippen MR) is 122 cm³/mol. The molecule has 3 aromatic rings. The van der Waals surface area contributed by atoms with Crippen LogP contribution in [-0.4, -0.2) is 79.4 Å². The van der Waals surface area contributed by atoms with Crippen molar-refractivity contribution < 1.29 is 14.2 Å². The first kappa shape index (κ1) is 20.4. The molecule has 1 N–H and O–H groups in total. The summed E-state index contributed by atoms with van der Waals surface area (Å²) in [6.45, 7) is 6.21. The summed E-state index contributed by atoms with van der Waals surface area (Å²) in [6, 6.07) is 6.07. The van der Waals surface area contributed by atoms with E-state index >= 15 is 0 Å². The van der Waals surface area contributed by atoms with Crippen LogP contribution in [0.2, 0.25) is 0 Å². The second kappa shape index (κ2) is 8.93. The number of nitrogens with zero attached hydrogens (tertiary/aromatic N) is 3. The third kappa shape index (κ3) is 4.29. The van der Waals surface area contributed by atoms with E-state index in [-0.39, 0.29) is 6.10 Å². The van der Waals surface area contributed by atoms with E-state index in [0.29, 0.717) is 12.5 Å². The first-order valence-corrected chi connectivity index (χ1v) is 11.4. The maximum Gasteiger partial charge on any atom is 0.223 e. The molecule has 7 heteroatoms. The number of rotatable bonds is 8. The molecule has 0 bridgehead atoms. The van der Waals surface area contributed by atoms with E-state index in [1.807, 2.05) is 18.2 Å². The van der Waals surface area contributed by atoms with Crippen LogP contribution >= 0.6 is 0 Å². The van der Waals surface area contributed by atoms with E-state index in [4.69, 9.17) is 14.2 Å². The van der Waals surface area contributed by atoms with Crippen LogP contribution in [-0.2, 0) is 0 Å². The molecule has 0 aliphatic carbocycles. The number of pyridine rings is 1. The van der Waals surface area contributed by atoms with Crippen LogP contribution in [0.3, 0.4) is 0 Å². The molecule has 31 heavy (non-hydrogen) atoms. The topological polar surface area (TPSA) is 62.9 Å². The summed E-state index contributed by atoms with van der Waals surface area (Å²) < 4.78 is 18.1. The molecule has 1 unspecified atom stereocenters. The number of fused-ring (bicyclic) bond motifs is 3. The number of likely N-dealkylation sites (tertiary alicyclic amines) is 2. The summed E-state index contributed by atoms with van der Waals surface area (Å²) in [5.74, 6) is 2.20. The minimum absolute atomic E-state index is 0.174. The molecule has 5 rings (SSSR count). The highest BCUT2D eigenvalue weighted by Crippen LogP contribution is 2.39. The molecule has 0 radical (unpaired) electrons. The zero-order valence-electron chi connectivity index (χ0n) is 18.5. The Kier molecular flexibility index (Phi) is 5.87. The molecule has 166 valence electrons. The van der Waals surface area contributed by atoms with Gasteiger partial charge in [0, 0.05) is 37.3 Å². The molecule has 1 atom stereocenters. The van der Waals surface area contributed by atoms with Crippen molar-refractivity contribution in [2.45, 2.75) is 31.8 Å². The van der Waals surface area contributed by atoms with Crippen LogP contribution in [0.25, 0.3) is 21.8 Å². The number of benzene rings is 1. The number of hydrogen-bond donors (Lipinski definition) is 1.